The van der Waals surface area contributed by atoms with Crippen LogP contribution in [0.25, 0.3) is 21.3 Å². The van der Waals surface area contributed by atoms with E-state index in [0.29, 0.717) is 16.6 Å². The molecule has 2 aromatic heterocycles. The van der Waals surface area contributed by atoms with Gasteiger partial charge in [0.05, 0.1) is 17.6 Å². The summed E-state index contributed by atoms with van der Waals surface area (Å²) in [6.45, 7) is 1.55. The second kappa shape index (κ2) is 7.86. The molecule has 9 heteroatoms. The molecule has 0 aliphatic carbocycles. The van der Waals surface area contributed by atoms with Gasteiger partial charge in [-0.15, -0.1) is 11.3 Å². The molecule has 158 valence electrons. The van der Waals surface area contributed by atoms with Gasteiger partial charge in [-0.3, -0.25) is 14.2 Å². The molecule has 1 aromatic carbocycles. The Hall–Kier alpha value is -2.68. The van der Waals surface area contributed by atoms with Gasteiger partial charge < -0.3 is 4.90 Å². The van der Waals surface area contributed by atoms with Crippen molar-refractivity contribution in [1.29, 1.82) is 0 Å². The first-order chi connectivity index (χ1) is 14.2. The second-order valence-corrected chi connectivity index (χ2v) is 8.45. The molecule has 30 heavy (non-hydrogen) atoms. The molecule has 1 saturated heterocycles. The summed E-state index contributed by atoms with van der Waals surface area (Å²) in [7, 11) is 0. The van der Waals surface area contributed by atoms with E-state index in [-0.39, 0.29) is 31.6 Å². The lowest BCUT2D eigenvalue weighted by Gasteiger charge is -2.33. The number of likely N-dealkylation sites (tertiary alicyclic amines) is 1. The molecule has 1 aliphatic rings. The van der Waals surface area contributed by atoms with Gasteiger partial charge in [0.2, 0.25) is 5.91 Å². The van der Waals surface area contributed by atoms with E-state index in [1.807, 2.05) is 36.6 Å². The maximum absolute atomic E-state index is 13.1. The summed E-state index contributed by atoms with van der Waals surface area (Å²) < 4.78 is 40.3. The average Bonchev–Trinajstić information content (AvgIpc) is 3.15. The molecule has 0 bridgehead atoms. The first kappa shape index (κ1) is 20.6. The summed E-state index contributed by atoms with van der Waals surface area (Å²) in [4.78, 5) is 31.8. The Bertz CT molecular complexity index is 1140. The fourth-order valence-electron chi connectivity index (χ4n) is 3.74. The number of fused-ring (bicyclic) bond motifs is 1. The third-order valence-corrected chi connectivity index (χ3v) is 6.35. The molecule has 0 N–H and O–H groups in total. The minimum Gasteiger partial charge on any atom is -0.341 e. The Labute approximate surface area is 174 Å². The van der Waals surface area contributed by atoms with E-state index >= 15 is 0 Å². The number of hydrogen-bond donors (Lipinski definition) is 0. The summed E-state index contributed by atoms with van der Waals surface area (Å²) in [5.41, 5.74) is 2.34. The maximum Gasteiger partial charge on any atom is 0.393 e. The van der Waals surface area contributed by atoms with Crippen molar-refractivity contribution < 1.29 is 18.0 Å². The van der Waals surface area contributed by atoms with Gasteiger partial charge in [0, 0.05) is 24.0 Å². The molecule has 3 heterocycles. The van der Waals surface area contributed by atoms with E-state index in [1.54, 1.807) is 0 Å². The summed E-state index contributed by atoms with van der Waals surface area (Å²) in [5, 5.41) is 2.28. The topological polar surface area (TPSA) is 55.2 Å². The van der Waals surface area contributed by atoms with Crippen molar-refractivity contribution in [2.45, 2.75) is 32.5 Å². The van der Waals surface area contributed by atoms with Crippen LogP contribution in [0.15, 0.2) is 40.8 Å². The lowest BCUT2D eigenvalue weighted by atomic mass is 9.97. The van der Waals surface area contributed by atoms with Crippen LogP contribution >= 0.6 is 11.3 Å². The van der Waals surface area contributed by atoms with E-state index < -0.39 is 18.0 Å². The Morgan fingerprint density at radius 1 is 1.27 bits per heavy atom. The van der Waals surface area contributed by atoms with Crippen LogP contribution in [0.3, 0.4) is 0 Å². The molecular formula is C21H20F3N3O2S. The predicted octanol–water partition coefficient (Wildman–Crippen LogP) is 4.23. The van der Waals surface area contributed by atoms with Gasteiger partial charge >= 0.3 is 6.18 Å². The Morgan fingerprint density at radius 3 is 2.70 bits per heavy atom. The van der Waals surface area contributed by atoms with Crippen LogP contribution in [0.1, 0.15) is 18.4 Å². The molecule has 5 nitrogen and oxygen atoms in total. The van der Waals surface area contributed by atoms with Gasteiger partial charge in [-0.25, -0.2) is 4.98 Å². The van der Waals surface area contributed by atoms with Crippen molar-refractivity contribution in [3.05, 3.63) is 51.9 Å². The second-order valence-electron chi connectivity index (χ2n) is 7.59. The number of thiophene rings is 1. The molecule has 0 spiro atoms. The highest BCUT2D eigenvalue weighted by Crippen LogP contribution is 2.33. The number of carbonyl (C=O) groups excluding carboxylic acids is 1. The van der Waals surface area contributed by atoms with E-state index in [9.17, 15) is 22.8 Å². The minimum absolute atomic E-state index is 0.0234. The van der Waals surface area contributed by atoms with Crippen LogP contribution in [0.4, 0.5) is 13.2 Å². The van der Waals surface area contributed by atoms with E-state index in [1.165, 1.54) is 27.1 Å². The standard InChI is InChI=1S/C21H20F3N3O2S/c1-13-4-6-14(7-5-13)16-11-30-19-18(16)20(29)27(12-25-19)10-17(28)26-8-2-3-15(9-26)21(22,23)24/h4-7,11-12,15H,2-3,8-10H2,1H3/t15-/m1/s1. The van der Waals surface area contributed by atoms with Crippen molar-refractivity contribution in [3.63, 3.8) is 0 Å². The van der Waals surface area contributed by atoms with E-state index in [4.69, 9.17) is 0 Å². The van der Waals surface area contributed by atoms with Crippen molar-refractivity contribution in [1.82, 2.24) is 14.5 Å². The van der Waals surface area contributed by atoms with Gasteiger partial charge in [-0.2, -0.15) is 13.2 Å². The lowest BCUT2D eigenvalue weighted by Crippen LogP contribution is -2.46. The van der Waals surface area contributed by atoms with Crippen molar-refractivity contribution in [3.8, 4) is 11.1 Å². The van der Waals surface area contributed by atoms with Gasteiger partial charge in [0.15, 0.2) is 0 Å². The van der Waals surface area contributed by atoms with Crippen LogP contribution in [0.2, 0.25) is 0 Å². The Morgan fingerprint density at radius 2 is 2.00 bits per heavy atom. The molecule has 1 aliphatic heterocycles. The highest BCUT2D eigenvalue weighted by Gasteiger charge is 2.42. The Balaban J connectivity index is 1.61. The Kier molecular flexibility index (Phi) is 5.40. The highest BCUT2D eigenvalue weighted by atomic mass is 32.1. The summed E-state index contributed by atoms with van der Waals surface area (Å²) in [6.07, 6.45) is -2.71. The number of nitrogens with zero attached hydrogens (tertiary/aromatic N) is 3. The van der Waals surface area contributed by atoms with Crippen LogP contribution in [0.5, 0.6) is 0 Å². The number of amides is 1. The van der Waals surface area contributed by atoms with Gasteiger partial charge in [0.1, 0.15) is 11.4 Å². The summed E-state index contributed by atoms with van der Waals surface area (Å²) in [5.74, 6) is -2.02. The molecule has 0 saturated carbocycles. The van der Waals surface area contributed by atoms with Crippen LogP contribution in [-0.2, 0) is 11.3 Å². The number of rotatable bonds is 3. The molecule has 1 amide bonds. The third kappa shape index (κ3) is 3.98. The number of aryl methyl sites for hydroxylation is 1. The zero-order valence-electron chi connectivity index (χ0n) is 16.3. The number of hydrogen-bond acceptors (Lipinski definition) is 4. The number of alkyl halides is 3. The average molecular weight is 435 g/mol. The van der Waals surface area contributed by atoms with Crippen LogP contribution < -0.4 is 5.56 Å². The van der Waals surface area contributed by atoms with E-state index in [0.717, 1.165) is 16.7 Å². The smallest absolute Gasteiger partial charge is 0.341 e. The fourth-order valence-corrected chi connectivity index (χ4v) is 4.65. The molecule has 4 rings (SSSR count). The number of piperidine rings is 1. The highest BCUT2D eigenvalue weighted by molar-refractivity contribution is 7.17. The first-order valence-electron chi connectivity index (χ1n) is 9.62. The molecule has 1 atom stereocenters. The maximum atomic E-state index is 13.1. The summed E-state index contributed by atoms with van der Waals surface area (Å²) >= 11 is 1.34. The summed E-state index contributed by atoms with van der Waals surface area (Å²) in [6, 6.07) is 7.74. The van der Waals surface area contributed by atoms with Crippen LogP contribution in [-0.4, -0.2) is 39.6 Å². The van der Waals surface area contributed by atoms with Gasteiger partial charge in [0.25, 0.3) is 5.56 Å². The number of halogens is 3. The normalized spacial score (nSPS) is 17.5. The zero-order valence-corrected chi connectivity index (χ0v) is 17.1. The van der Waals surface area contributed by atoms with Gasteiger partial charge in [-0.1, -0.05) is 29.8 Å². The van der Waals surface area contributed by atoms with Crippen LogP contribution in [0, 0.1) is 12.8 Å². The monoisotopic (exact) mass is 435 g/mol. The zero-order chi connectivity index (χ0) is 21.5. The third-order valence-electron chi connectivity index (χ3n) is 5.47. The predicted molar refractivity (Wildman–Crippen MR) is 109 cm³/mol. The number of carbonyl (C=O) groups is 1. The van der Waals surface area contributed by atoms with Gasteiger partial charge in [-0.05, 0) is 25.3 Å². The minimum atomic E-state index is -4.32. The SMILES string of the molecule is Cc1ccc(-c2csc3ncn(CC(=O)N4CCC[C@@H](C(F)(F)F)C4)c(=O)c23)cc1. The molecule has 0 radical (unpaired) electrons. The molecule has 3 aromatic rings. The molecular weight excluding hydrogens is 415 g/mol. The fraction of sp³-hybridized carbons (Fsp3) is 0.381. The number of aromatic nitrogens is 2. The quantitative estimate of drug-likeness (QED) is 0.619. The van der Waals surface area contributed by atoms with E-state index in [2.05, 4.69) is 4.98 Å². The molecule has 0 unspecified atom stereocenters. The number of benzene rings is 1. The van der Waals surface area contributed by atoms with Crippen molar-refractivity contribution >= 4 is 27.5 Å². The first-order valence-corrected chi connectivity index (χ1v) is 10.5. The lowest BCUT2D eigenvalue weighted by molar-refractivity contribution is -0.188. The molecule has 1 fully saturated rings. The van der Waals surface area contributed by atoms with Crippen molar-refractivity contribution in [2.75, 3.05) is 13.1 Å². The van der Waals surface area contributed by atoms with Crippen molar-refractivity contribution in [2.24, 2.45) is 5.92 Å². The largest absolute Gasteiger partial charge is 0.393 e.